The van der Waals surface area contributed by atoms with Crippen LogP contribution in [0.15, 0.2) is 78.9 Å². The van der Waals surface area contributed by atoms with E-state index in [1.54, 1.807) is 6.07 Å². The number of methoxy groups -OCH3 is 1. The predicted molar refractivity (Wildman–Crippen MR) is 127 cm³/mol. The molecular formula is C25H17FN4O2S. The lowest BCUT2D eigenvalue weighted by Gasteiger charge is -2.16. The van der Waals surface area contributed by atoms with Crippen molar-refractivity contribution in [2.24, 2.45) is 0 Å². The summed E-state index contributed by atoms with van der Waals surface area (Å²) in [6, 6.07) is 23.4. The van der Waals surface area contributed by atoms with Gasteiger partial charge in [-0.2, -0.15) is 0 Å². The molecule has 0 atom stereocenters. The normalized spacial score (nSPS) is 10.8. The van der Waals surface area contributed by atoms with E-state index in [4.69, 9.17) is 4.74 Å². The van der Waals surface area contributed by atoms with Gasteiger partial charge in [-0.05, 0) is 23.8 Å². The number of hydrogen-bond donors (Lipinski definition) is 1. The van der Waals surface area contributed by atoms with E-state index in [9.17, 15) is 9.18 Å². The molecule has 0 saturated heterocycles. The molecule has 5 aromatic rings. The number of hydrogen-bond acceptors (Lipinski definition) is 7. The number of esters is 1. The minimum Gasteiger partial charge on any atom is -0.465 e. The Bertz CT molecular complexity index is 1460. The molecule has 162 valence electrons. The second-order valence-electron chi connectivity index (χ2n) is 7.13. The molecule has 3 aromatic carbocycles. The van der Waals surface area contributed by atoms with E-state index in [1.807, 2.05) is 60.7 Å². The highest BCUT2D eigenvalue weighted by atomic mass is 32.1. The highest BCUT2D eigenvalue weighted by molar-refractivity contribution is 7.22. The van der Waals surface area contributed by atoms with Crippen molar-refractivity contribution in [3.8, 4) is 22.4 Å². The van der Waals surface area contributed by atoms with Gasteiger partial charge in [0, 0.05) is 11.1 Å². The predicted octanol–water partition coefficient (Wildman–Crippen LogP) is 6.09. The van der Waals surface area contributed by atoms with E-state index in [0.29, 0.717) is 26.6 Å². The summed E-state index contributed by atoms with van der Waals surface area (Å²) < 4.78 is 19.4. The number of ether oxygens (including phenoxy) is 1. The molecule has 33 heavy (non-hydrogen) atoms. The standard InChI is InChI=1S/C25H17FN4O2S/c1-32-24(31)21-20(15-8-4-2-5-9-15)22(16-10-6-3-7-11-16)29-30-23(21)28-25-27-18-13-12-17(26)14-19(18)33-25/h2-14H,1H3,(H,27,28,30). The quantitative estimate of drug-likeness (QED) is 0.323. The Morgan fingerprint density at radius 3 is 2.33 bits per heavy atom. The molecular weight excluding hydrogens is 439 g/mol. The number of halogens is 1. The van der Waals surface area contributed by atoms with Crippen molar-refractivity contribution >= 4 is 38.5 Å². The van der Waals surface area contributed by atoms with Gasteiger partial charge in [0.15, 0.2) is 10.9 Å². The fourth-order valence-electron chi connectivity index (χ4n) is 3.56. The van der Waals surface area contributed by atoms with Crippen LogP contribution in [0.2, 0.25) is 0 Å². The van der Waals surface area contributed by atoms with E-state index >= 15 is 0 Å². The lowest BCUT2D eigenvalue weighted by Crippen LogP contribution is -2.12. The summed E-state index contributed by atoms with van der Waals surface area (Å²) in [4.78, 5) is 17.5. The number of aromatic nitrogens is 3. The summed E-state index contributed by atoms with van der Waals surface area (Å²) in [6.45, 7) is 0. The van der Waals surface area contributed by atoms with Crippen molar-refractivity contribution in [1.29, 1.82) is 0 Å². The first-order chi connectivity index (χ1) is 16.1. The molecule has 0 aliphatic rings. The Morgan fingerprint density at radius 1 is 0.939 bits per heavy atom. The van der Waals surface area contributed by atoms with Crippen LogP contribution in [0.3, 0.4) is 0 Å². The second kappa shape index (κ2) is 8.76. The molecule has 0 spiro atoms. The first kappa shape index (κ1) is 20.7. The van der Waals surface area contributed by atoms with Gasteiger partial charge in [-0.1, -0.05) is 72.0 Å². The zero-order valence-electron chi connectivity index (χ0n) is 17.4. The Morgan fingerprint density at radius 2 is 1.64 bits per heavy atom. The van der Waals surface area contributed by atoms with Crippen molar-refractivity contribution < 1.29 is 13.9 Å². The van der Waals surface area contributed by atoms with Crippen molar-refractivity contribution in [2.45, 2.75) is 0 Å². The van der Waals surface area contributed by atoms with Crippen LogP contribution in [0.1, 0.15) is 10.4 Å². The van der Waals surface area contributed by atoms with Gasteiger partial charge in [0.2, 0.25) is 0 Å². The zero-order valence-corrected chi connectivity index (χ0v) is 18.3. The van der Waals surface area contributed by atoms with Gasteiger partial charge < -0.3 is 10.1 Å². The summed E-state index contributed by atoms with van der Waals surface area (Å²) >= 11 is 1.25. The molecule has 5 rings (SSSR count). The van der Waals surface area contributed by atoms with Crippen LogP contribution in [0.4, 0.5) is 15.3 Å². The maximum absolute atomic E-state index is 13.6. The van der Waals surface area contributed by atoms with Gasteiger partial charge in [-0.3, -0.25) is 0 Å². The number of fused-ring (bicyclic) bond motifs is 1. The van der Waals surface area contributed by atoms with E-state index in [-0.39, 0.29) is 17.2 Å². The van der Waals surface area contributed by atoms with Gasteiger partial charge >= 0.3 is 5.97 Å². The van der Waals surface area contributed by atoms with Gasteiger partial charge in [0.25, 0.3) is 0 Å². The van der Waals surface area contributed by atoms with E-state index in [1.165, 1.54) is 30.6 Å². The summed E-state index contributed by atoms with van der Waals surface area (Å²) in [5.74, 6) is -0.693. The minimum absolute atomic E-state index is 0.208. The SMILES string of the molecule is COC(=O)c1c(Nc2nc3ccc(F)cc3s2)nnc(-c2ccccc2)c1-c1ccccc1. The number of carbonyl (C=O) groups excluding carboxylic acids is 1. The number of carbonyl (C=O) groups is 1. The first-order valence-corrected chi connectivity index (χ1v) is 10.9. The monoisotopic (exact) mass is 456 g/mol. The third-order valence-corrected chi connectivity index (χ3v) is 5.98. The molecule has 2 heterocycles. The first-order valence-electron chi connectivity index (χ1n) is 10.1. The third kappa shape index (κ3) is 4.04. The average Bonchev–Trinajstić information content (AvgIpc) is 3.25. The van der Waals surface area contributed by atoms with Crippen LogP contribution in [0.25, 0.3) is 32.6 Å². The summed E-state index contributed by atoms with van der Waals surface area (Å²) in [5, 5.41) is 12.3. The topological polar surface area (TPSA) is 77.0 Å². The van der Waals surface area contributed by atoms with Gasteiger partial charge in [0.05, 0.1) is 17.3 Å². The van der Waals surface area contributed by atoms with E-state index < -0.39 is 5.97 Å². The molecule has 0 unspecified atom stereocenters. The van der Waals surface area contributed by atoms with Crippen LogP contribution in [-0.4, -0.2) is 28.3 Å². The van der Waals surface area contributed by atoms with Crippen LogP contribution >= 0.6 is 11.3 Å². The molecule has 0 amide bonds. The van der Waals surface area contributed by atoms with Gasteiger partial charge in [-0.15, -0.1) is 10.2 Å². The third-order valence-electron chi connectivity index (χ3n) is 5.05. The number of nitrogens with one attached hydrogen (secondary N) is 1. The zero-order chi connectivity index (χ0) is 22.8. The maximum atomic E-state index is 13.6. The van der Waals surface area contributed by atoms with Crippen LogP contribution in [-0.2, 0) is 4.74 Å². The van der Waals surface area contributed by atoms with E-state index in [2.05, 4.69) is 20.5 Å². The molecule has 1 N–H and O–H groups in total. The number of benzene rings is 3. The second-order valence-corrected chi connectivity index (χ2v) is 8.16. The molecule has 0 aliphatic carbocycles. The molecule has 8 heteroatoms. The van der Waals surface area contributed by atoms with Gasteiger partial charge in [0.1, 0.15) is 17.1 Å². The Hall–Kier alpha value is -4.17. The lowest BCUT2D eigenvalue weighted by molar-refractivity contribution is 0.0602. The van der Waals surface area contributed by atoms with Crippen LogP contribution < -0.4 is 5.32 Å². The molecule has 0 fully saturated rings. The highest BCUT2D eigenvalue weighted by Crippen LogP contribution is 2.38. The molecule has 0 bridgehead atoms. The van der Waals surface area contributed by atoms with E-state index in [0.717, 1.165) is 11.1 Å². The van der Waals surface area contributed by atoms with Crippen LogP contribution in [0, 0.1) is 5.82 Å². The average molecular weight is 457 g/mol. The van der Waals surface area contributed by atoms with Gasteiger partial charge in [-0.25, -0.2) is 14.2 Å². The number of thiazole rings is 1. The lowest BCUT2D eigenvalue weighted by atomic mass is 9.95. The Kier molecular flexibility index (Phi) is 5.50. The fraction of sp³-hybridized carbons (Fsp3) is 0.0400. The Labute approximate surface area is 192 Å². The maximum Gasteiger partial charge on any atom is 0.342 e. The van der Waals surface area contributed by atoms with Crippen molar-refractivity contribution in [3.63, 3.8) is 0 Å². The highest BCUT2D eigenvalue weighted by Gasteiger charge is 2.26. The largest absolute Gasteiger partial charge is 0.465 e. The van der Waals surface area contributed by atoms with Crippen molar-refractivity contribution in [3.05, 3.63) is 90.2 Å². The number of anilines is 2. The number of nitrogens with zero attached hydrogens (tertiary/aromatic N) is 3. The van der Waals surface area contributed by atoms with Crippen molar-refractivity contribution in [2.75, 3.05) is 12.4 Å². The molecule has 0 saturated carbocycles. The smallest absolute Gasteiger partial charge is 0.342 e. The minimum atomic E-state index is -0.560. The van der Waals surface area contributed by atoms with Crippen molar-refractivity contribution in [1.82, 2.24) is 15.2 Å². The summed E-state index contributed by atoms with van der Waals surface area (Å²) in [6.07, 6.45) is 0. The molecule has 6 nitrogen and oxygen atoms in total. The molecule has 2 aromatic heterocycles. The summed E-state index contributed by atoms with van der Waals surface area (Å²) in [5.41, 5.74) is 3.64. The van der Waals surface area contributed by atoms with Crippen LogP contribution in [0.5, 0.6) is 0 Å². The molecule has 0 radical (unpaired) electrons. The fourth-order valence-corrected chi connectivity index (χ4v) is 4.45. The number of rotatable bonds is 5. The molecule has 0 aliphatic heterocycles. The Balaban J connectivity index is 1.72. The summed E-state index contributed by atoms with van der Waals surface area (Å²) in [7, 11) is 1.32.